The molecule has 0 saturated carbocycles. The van der Waals surface area contributed by atoms with Crippen LogP contribution >= 0.6 is 12.2 Å². The number of anilines is 3. The van der Waals surface area contributed by atoms with Crippen LogP contribution in [0.1, 0.15) is 51.5 Å². The van der Waals surface area contributed by atoms with Crippen molar-refractivity contribution in [2.45, 2.75) is 58.5 Å². The molecule has 2 fully saturated rings. The second-order valence-corrected chi connectivity index (χ2v) is 9.22. The summed E-state index contributed by atoms with van der Waals surface area (Å²) >= 11 is 5.53. The molecular formula is C23H33N7S. The van der Waals surface area contributed by atoms with Crippen LogP contribution in [0, 0.1) is 5.92 Å². The highest BCUT2D eigenvalue weighted by atomic mass is 32.1. The van der Waals surface area contributed by atoms with Crippen molar-refractivity contribution in [3.8, 4) is 0 Å². The van der Waals surface area contributed by atoms with Gasteiger partial charge in [0.15, 0.2) is 5.11 Å². The van der Waals surface area contributed by atoms with Crippen molar-refractivity contribution in [3.63, 3.8) is 0 Å². The number of pyridine rings is 1. The van der Waals surface area contributed by atoms with E-state index in [0.29, 0.717) is 29.6 Å². The Morgan fingerprint density at radius 1 is 1.13 bits per heavy atom. The molecule has 166 valence electrons. The van der Waals surface area contributed by atoms with Crippen LogP contribution in [-0.2, 0) is 6.54 Å². The molecule has 2 aromatic rings. The third-order valence-corrected chi connectivity index (χ3v) is 6.42. The fourth-order valence-electron chi connectivity index (χ4n) is 4.45. The first-order chi connectivity index (χ1) is 15.1. The second-order valence-electron chi connectivity index (χ2n) is 8.81. The molecule has 0 spiro atoms. The molecule has 7 nitrogen and oxygen atoms in total. The van der Waals surface area contributed by atoms with E-state index in [9.17, 15) is 0 Å². The Kier molecular flexibility index (Phi) is 7.17. The van der Waals surface area contributed by atoms with Crippen molar-refractivity contribution in [2.75, 3.05) is 34.8 Å². The minimum absolute atomic E-state index is 0.486. The summed E-state index contributed by atoms with van der Waals surface area (Å²) in [6, 6.07) is 6.59. The molecule has 0 unspecified atom stereocenters. The smallest absolute Gasteiger partial charge is 0.232 e. The number of nitrogens with one attached hydrogen (secondary N) is 2. The maximum Gasteiger partial charge on any atom is 0.232 e. The molecule has 0 bridgehead atoms. The summed E-state index contributed by atoms with van der Waals surface area (Å²) in [5, 5.41) is 6.98. The lowest BCUT2D eigenvalue weighted by molar-refractivity contribution is 0.444. The third kappa shape index (κ3) is 5.81. The topological polar surface area (TPSA) is 69.2 Å². The lowest BCUT2D eigenvalue weighted by atomic mass is 10.0. The van der Waals surface area contributed by atoms with E-state index < -0.39 is 0 Å². The number of piperidine rings is 2. The molecule has 31 heavy (non-hydrogen) atoms. The lowest BCUT2D eigenvalue weighted by Gasteiger charge is -2.36. The van der Waals surface area contributed by atoms with E-state index in [1.54, 1.807) is 6.20 Å². The molecule has 4 heterocycles. The Hall–Kier alpha value is -2.48. The number of nitrogens with zero attached hydrogens (tertiary/aromatic N) is 5. The predicted octanol–water partition coefficient (Wildman–Crippen LogP) is 3.97. The Labute approximate surface area is 190 Å². The average molecular weight is 440 g/mol. The molecule has 2 atom stereocenters. The summed E-state index contributed by atoms with van der Waals surface area (Å²) in [6.07, 6.45) is 9.78. The molecule has 0 radical (unpaired) electrons. The molecule has 8 heteroatoms. The minimum atomic E-state index is 0.486. The summed E-state index contributed by atoms with van der Waals surface area (Å²) in [4.78, 5) is 18.7. The maximum absolute atomic E-state index is 5.53. The number of rotatable bonds is 5. The van der Waals surface area contributed by atoms with Gasteiger partial charge < -0.3 is 20.4 Å². The van der Waals surface area contributed by atoms with E-state index in [-0.39, 0.29) is 0 Å². The number of thiocarbonyl (C=S) groups is 1. The van der Waals surface area contributed by atoms with Gasteiger partial charge in [0.25, 0.3) is 0 Å². The van der Waals surface area contributed by atoms with Crippen LogP contribution in [0.25, 0.3) is 0 Å². The average Bonchev–Trinajstić information content (AvgIpc) is 2.78. The van der Waals surface area contributed by atoms with E-state index in [1.165, 1.54) is 32.1 Å². The highest BCUT2D eigenvalue weighted by molar-refractivity contribution is 7.80. The van der Waals surface area contributed by atoms with Crippen LogP contribution in [-0.4, -0.2) is 45.7 Å². The number of aromatic nitrogens is 3. The van der Waals surface area contributed by atoms with Crippen LogP contribution in [0.4, 0.5) is 17.6 Å². The zero-order valence-corrected chi connectivity index (χ0v) is 19.4. The highest BCUT2D eigenvalue weighted by Gasteiger charge is 2.24. The molecule has 4 rings (SSSR count). The SMILES string of the molecule is C[C@H]1CCCN(c2cc(N3CCCC[C@@H]3C)nc(NC(=S)NCc3cccnc3)n2)C1. The first kappa shape index (κ1) is 21.7. The van der Waals surface area contributed by atoms with Crippen molar-refractivity contribution >= 4 is 34.9 Å². The number of hydrogen-bond donors (Lipinski definition) is 2. The van der Waals surface area contributed by atoms with E-state index in [4.69, 9.17) is 22.2 Å². The third-order valence-electron chi connectivity index (χ3n) is 6.18. The summed E-state index contributed by atoms with van der Waals surface area (Å²) in [7, 11) is 0. The van der Waals surface area contributed by atoms with Gasteiger partial charge in [0.1, 0.15) is 11.6 Å². The molecule has 2 aliphatic heterocycles. The van der Waals surface area contributed by atoms with Crippen molar-refractivity contribution in [1.29, 1.82) is 0 Å². The monoisotopic (exact) mass is 439 g/mol. The largest absolute Gasteiger partial charge is 0.358 e. The maximum atomic E-state index is 5.53. The van der Waals surface area contributed by atoms with Gasteiger partial charge in [-0.2, -0.15) is 9.97 Å². The van der Waals surface area contributed by atoms with Gasteiger partial charge in [-0.1, -0.05) is 13.0 Å². The Morgan fingerprint density at radius 3 is 2.77 bits per heavy atom. The summed E-state index contributed by atoms with van der Waals surface area (Å²) < 4.78 is 0. The molecule has 2 aliphatic rings. The predicted molar refractivity (Wildman–Crippen MR) is 131 cm³/mol. The molecule has 2 N–H and O–H groups in total. The fraction of sp³-hybridized carbons (Fsp3) is 0.565. The van der Waals surface area contributed by atoms with Gasteiger partial charge in [-0.05, 0) is 68.8 Å². The molecule has 2 aromatic heterocycles. The molecule has 0 amide bonds. The van der Waals surface area contributed by atoms with E-state index in [0.717, 1.165) is 36.8 Å². The summed E-state index contributed by atoms with van der Waals surface area (Å²) in [6.45, 7) is 8.33. The van der Waals surface area contributed by atoms with Crippen molar-refractivity contribution in [2.24, 2.45) is 5.92 Å². The minimum Gasteiger partial charge on any atom is -0.358 e. The van der Waals surface area contributed by atoms with Crippen LogP contribution in [0.2, 0.25) is 0 Å². The highest BCUT2D eigenvalue weighted by Crippen LogP contribution is 2.29. The van der Waals surface area contributed by atoms with E-state index >= 15 is 0 Å². The fourth-order valence-corrected chi connectivity index (χ4v) is 4.62. The Bertz CT molecular complexity index is 875. The molecule has 0 aromatic carbocycles. The van der Waals surface area contributed by atoms with Crippen LogP contribution < -0.4 is 20.4 Å². The zero-order chi connectivity index (χ0) is 21.6. The van der Waals surface area contributed by atoms with Gasteiger partial charge in [0.05, 0.1) is 0 Å². The lowest BCUT2D eigenvalue weighted by Crippen LogP contribution is -2.39. The van der Waals surface area contributed by atoms with Gasteiger partial charge in [0, 0.05) is 50.7 Å². The first-order valence-electron chi connectivity index (χ1n) is 11.4. The second kappa shape index (κ2) is 10.2. The molecule has 2 saturated heterocycles. The normalized spacial score (nSPS) is 21.6. The van der Waals surface area contributed by atoms with Crippen molar-refractivity contribution in [1.82, 2.24) is 20.3 Å². The van der Waals surface area contributed by atoms with Gasteiger partial charge >= 0.3 is 0 Å². The summed E-state index contributed by atoms with van der Waals surface area (Å²) in [5.74, 6) is 3.23. The van der Waals surface area contributed by atoms with Gasteiger partial charge in [-0.25, -0.2) is 0 Å². The zero-order valence-electron chi connectivity index (χ0n) is 18.5. The molecular weight excluding hydrogens is 406 g/mol. The number of hydrogen-bond acceptors (Lipinski definition) is 6. The van der Waals surface area contributed by atoms with Crippen molar-refractivity contribution in [3.05, 3.63) is 36.2 Å². The van der Waals surface area contributed by atoms with Crippen LogP contribution in [0.3, 0.4) is 0 Å². The summed E-state index contributed by atoms with van der Waals surface area (Å²) in [5.41, 5.74) is 1.08. The quantitative estimate of drug-likeness (QED) is 0.678. The van der Waals surface area contributed by atoms with Crippen LogP contribution in [0.15, 0.2) is 30.6 Å². The van der Waals surface area contributed by atoms with Gasteiger partial charge in [0.2, 0.25) is 5.95 Å². The first-order valence-corrected chi connectivity index (χ1v) is 11.8. The standard InChI is InChI=1S/C23H33N7S/c1-17-7-6-11-29(16-17)20-13-21(30-12-4-3-8-18(30)2)27-22(26-20)28-23(31)25-15-19-9-5-10-24-14-19/h5,9-10,13-14,17-18H,3-4,6-8,11-12,15-16H2,1-2H3,(H2,25,26,27,28,31)/t17-,18-/m0/s1. The van der Waals surface area contributed by atoms with E-state index in [2.05, 4.69) is 45.3 Å². The van der Waals surface area contributed by atoms with Gasteiger partial charge in [-0.3, -0.25) is 4.98 Å². The van der Waals surface area contributed by atoms with Gasteiger partial charge in [-0.15, -0.1) is 0 Å². The van der Waals surface area contributed by atoms with Crippen molar-refractivity contribution < 1.29 is 0 Å². The Morgan fingerprint density at radius 2 is 2.00 bits per heavy atom. The van der Waals surface area contributed by atoms with E-state index in [1.807, 2.05) is 18.3 Å². The Balaban J connectivity index is 1.52. The molecule has 0 aliphatic carbocycles. The van der Waals surface area contributed by atoms with Crippen LogP contribution in [0.5, 0.6) is 0 Å².